The topological polar surface area (TPSA) is 119 Å². The summed E-state index contributed by atoms with van der Waals surface area (Å²) >= 11 is 0. The van der Waals surface area contributed by atoms with Crippen LogP contribution in [0.1, 0.15) is 168 Å². The van der Waals surface area contributed by atoms with Crippen molar-refractivity contribution < 1.29 is 37.9 Å². The van der Waals surface area contributed by atoms with Crippen LogP contribution in [0.5, 0.6) is 0 Å². The first kappa shape index (κ1) is 46.0. The number of unbranched alkanes of at least 4 members (excludes halogenated alkanes) is 16. The molecule has 278 valence electrons. The van der Waals surface area contributed by atoms with Gasteiger partial charge in [0.15, 0.2) is 6.10 Å². The molecule has 0 amide bonds. The van der Waals surface area contributed by atoms with Crippen LogP contribution in [-0.2, 0) is 28.2 Å². The maximum atomic E-state index is 12.3. The standard InChI is InChI=1S/C39H69O8P/c1-3-5-7-9-11-13-15-17-19-21-23-25-27-29-31-33-38(40)45-35-37(36-46-48(42,43)44)47-39(41)34-32-30-28-26-24-22-20-18-16-14-12-10-8-6-4-2/h12,14,17-20,23,25,37H,3-11,13,15-16,21-22,24,26-36H2,1-2H3,(H2,42,43,44)/b14-12+,19-17+,20-18+,25-23+/t37-/m1/s1. The van der Waals surface area contributed by atoms with Crippen molar-refractivity contribution in [3.63, 3.8) is 0 Å². The maximum Gasteiger partial charge on any atom is 0.469 e. The Morgan fingerprint density at radius 1 is 0.542 bits per heavy atom. The number of allylic oxidation sites excluding steroid dienone is 8. The van der Waals surface area contributed by atoms with E-state index in [1.54, 1.807) is 0 Å². The first-order valence-corrected chi connectivity index (χ1v) is 20.5. The monoisotopic (exact) mass is 696 g/mol. The molecule has 0 aliphatic heterocycles. The molecule has 0 bridgehead atoms. The maximum absolute atomic E-state index is 12.3. The number of rotatable bonds is 34. The van der Waals surface area contributed by atoms with Gasteiger partial charge >= 0.3 is 19.8 Å². The third-order valence-electron chi connectivity index (χ3n) is 7.82. The van der Waals surface area contributed by atoms with Gasteiger partial charge in [0.1, 0.15) is 6.61 Å². The van der Waals surface area contributed by atoms with Gasteiger partial charge in [0, 0.05) is 12.8 Å². The van der Waals surface area contributed by atoms with Crippen LogP contribution in [0.2, 0.25) is 0 Å². The van der Waals surface area contributed by atoms with Gasteiger partial charge < -0.3 is 19.3 Å². The predicted octanol–water partition coefficient (Wildman–Crippen LogP) is 11.2. The molecule has 0 spiro atoms. The molecule has 0 saturated carbocycles. The molecule has 9 heteroatoms. The van der Waals surface area contributed by atoms with Crippen LogP contribution in [0, 0.1) is 0 Å². The third kappa shape index (κ3) is 36.8. The van der Waals surface area contributed by atoms with E-state index < -0.39 is 32.5 Å². The summed E-state index contributed by atoms with van der Waals surface area (Å²) in [5.41, 5.74) is 0. The van der Waals surface area contributed by atoms with Crippen LogP contribution in [-0.4, -0.2) is 41.0 Å². The van der Waals surface area contributed by atoms with Crippen LogP contribution in [0.25, 0.3) is 0 Å². The van der Waals surface area contributed by atoms with E-state index in [1.807, 2.05) is 0 Å². The highest BCUT2D eigenvalue weighted by molar-refractivity contribution is 7.46. The zero-order chi connectivity index (χ0) is 35.4. The van der Waals surface area contributed by atoms with Crippen LogP contribution >= 0.6 is 7.82 Å². The lowest BCUT2D eigenvalue weighted by molar-refractivity contribution is -0.161. The molecule has 0 fully saturated rings. The predicted molar refractivity (Wildman–Crippen MR) is 198 cm³/mol. The van der Waals surface area contributed by atoms with Crippen molar-refractivity contribution in [1.29, 1.82) is 0 Å². The number of ether oxygens (including phenoxy) is 2. The highest BCUT2D eigenvalue weighted by Gasteiger charge is 2.22. The zero-order valence-corrected chi connectivity index (χ0v) is 31.3. The van der Waals surface area contributed by atoms with Crippen LogP contribution in [0.15, 0.2) is 48.6 Å². The Hall–Kier alpha value is -1.99. The summed E-state index contributed by atoms with van der Waals surface area (Å²) < 4.78 is 26.3. The van der Waals surface area contributed by atoms with Crippen molar-refractivity contribution in [3.05, 3.63) is 48.6 Å². The molecule has 0 aromatic heterocycles. The second-order valence-corrected chi connectivity index (χ2v) is 13.8. The van der Waals surface area contributed by atoms with E-state index in [0.29, 0.717) is 12.8 Å². The average molecular weight is 697 g/mol. The Kier molecular flexibility index (Phi) is 33.4. The Bertz CT molecular complexity index is 921. The normalized spacial score (nSPS) is 13.0. The summed E-state index contributed by atoms with van der Waals surface area (Å²) in [5, 5.41) is 0. The minimum Gasteiger partial charge on any atom is -0.462 e. The van der Waals surface area contributed by atoms with Crippen LogP contribution in [0.4, 0.5) is 0 Å². The Morgan fingerprint density at radius 2 is 0.938 bits per heavy atom. The second kappa shape index (κ2) is 34.9. The van der Waals surface area contributed by atoms with Gasteiger partial charge in [-0.25, -0.2) is 4.57 Å². The molecule has 1 atom stereocenters. The Labute approximate surface area is 293 Å². The SMILES string of the molecule is CCCCC/C=C/C/C=C/CCCCCCCC(=O)O[C@H](COC(=O)CCCC/C=C/C/C=C/CCCCCCCC)COP(=O)(O)O. The molecular formula is C39H69O8P. The summed E-state index contributed by atoms with van der Waals surface area (Å²) in [5.74, 6) is -0.942. The summed E-state index contributed by atoms with van der Waals surface area (Å²) in [4.78, 5) is 42.7. The first-order valence-electron chi connectivity index (χ1n) is 18.9. The molecule has 0 unspecified atom stereocenters. The van der Waals surface area contributed by atoms with Crippen molar-refractivity contribution in [3.8, 4) is 0 Å². The highest BCUT2D eigenvalue weighted by atomic mass is 31.2. The first-order chi connectivity index (χ1) is 23.3. The fourth-order valence-electron chi connectivity index (χ4n) is 4.96. The van der Waals surface area contributed by atoms with Crippen molar-refractivity contribution in [2.45, 2.75) is 174 Å². The molecule has 0 aliphatic carbocycles. The van der Waals surface area contributed by atoms with Gasteiger partial charge in [-0.2, -0.15) is 0 Å². The Balaban J connectivity index is 4.06. The number of phosphoric acid groups is 1. The summed E-state index contributed by atoms with van der Waals surface area (Å²) in [6, 6.07) is 0. The van der Waals surface area contributed by atoms with E-state index in [9.17, 15) is 14.2 Å². The molecular weight excluding hydrogens is 627 g/mol. The number of esters is 2. The minimum atomic E-state index is -4.76. The van der Waals surface area contributed by atoms with Gasteiger partial charge in [-0.05, 0) is 77.0 Å². The van der Waals surface area contributed by atoms with Crippen LogP contribution in [0.3, 0.4) is 0 Å². The molecule has 0 saturated heterocycles. The lowest BCUT2D eigenvalue weighted by Crippen LogP contribution is -2.29. The number of hydrogen-bond acceptors (Lipinski definition) is 6. The van der Waals surface area contributed by atoms with Crippen molar-refractivity contribution in [2.24, 2.45) is 0 Å². The molecule has 0 heterocycles. The summed E-state index contributed by atoms with van der Waals surface area (Å²) in [7, 11) is -4.76. The lowest BCUT2D eigenvalue weighted by Gasteiger charge is -2.18. The molecule has 0 aromatic carbocycles. The molecule has 2 N–H and O–H groups in total. The fourth-order valence-corrected chi connectivity index (χ4v) is 5.32. The molecule has 8 nitrogen and oxygen atoms in total. The van der Waals surface area contributed by atoms with Crippen molar-refractivity contribution in [1.82, 2.24) is 0 Å². The van der Waals surface area contributed by atoms with E-state index in [1.165, 1.54) is 64.2 Å². The average Bonchev–Trinajstić information content (AvgIpc) is 3.05. The van der Waals surface area contributed by atoms with E-state index in [2.05, 4.69) is 67.0 Å². The summed E-state index contributed by atoms with van der Waals surface area (Å²) in [6.07, 6.45) is 41.2. The quantitative estimate of drug-likeness (QED) is 0.0295. The summed E-state index contributed by atoms with van der Waals surface area (Å²) in [6.45, 7) is 3.59. The largest absolute Gasteiger partial charge is 0.469 e. The Morgan fingerprint density at radius 3 is 1.46 bits per heavy atom. The van der Waals surface area contributed by atoms with Gasteiger partial charge in [0.05, 0.1) is 6.61 Å². The minimum absolute atomic E-state index is 0.188. The van der Waals surface area contributed by atoms with E-state index >= 15 is 0 Å². The third-order valence-corrected chi connectivity index (χ3v) is 8.31. The van der Waals surface area contributed by atoms with Gasteiger partial charge in [-0.3, -0.25) is 14.1 Å². The van der Waals surface area contributed by atoms with Crippen LogP contribution < -0.4 is 0 Å². The number of hydrogen-bond donors (Lipinski definition) is 2. The highest BCUT2D eigenvalue weighted by Crippen LogP contribution is 2.36. The fraction of sp³-hybridized carbons (Fsp3) is 0.744. The van der Waals surface area contributed by atoms with E-state index in [4.69, 9.17) is 19.3 Å². The zero-order valence-electron chi connectivity index (χ0n) is 30.4. The molecule has 0 radical (unpaired) electrons. The molecule has 0 aromatic rings. The smallest absolute Gasteiger partial charge is 0.462 e. The second-order valence-electron chi connectivity index (χ2n) is 12.5. The van der Waals surface area contributed by atoms with Crippen molar-refractivity contribution >= 4 is 19.8 Å². The number of carbonyl (C=O) groups is 2. The van der Waals surface area contributed by atoms with Gasteiger partial charge in [0.25, 0.3) is 0 Å². The van der Waals surface area contributed by atoms with Crippen molar-refractivity contribution in [2.75, 3.05) is 13.2 Å². The van der Waals surface area contributed by atoms with E-state index in [-0.39, 0.29) is 19.4 Å². The molecule has 48 heavy (non-hydrogen) atoms. The number of carbonyl (C=O) groups excluding carboxylic acids is 2. The van der Waals surface area contributed by atoms with Gasteiger partial charge in [-0.1, -0.05) is 127 Å². The molecule has 0 rings (SSSR count). The molecule has 0 aliphatic rings. The number of phosphoric ester groups is 1. The van der Waals surface area contributed by atoms with Gasteiger partial charge in [-0.15, -0.1) is 0 Å². The van der Waals surface area contributed by atoms with E-state index in [0.717, 1.165) is 64.2 Å². The lowest BCUT2D eigenvalue weighted by atomic mass is 10.1. The van der Waals surface area contributed by atoms with Gasteiger partial charge in [0.2, 0.25) is 0 Å².